The Morgan fingerprint density at radius 1 is 1.03 bits per heavy atom. The number of hydrogen-bond donors (Lipinski definition) is 1. The Morgan fingerprint density at radius 3 is 2.62 bits per heavy atom. The van der Waals surface area contributed by atoms with Gasteiger partial charge in [0.15, 0.2) is 5.82 Å². The van der Waals surface area contributed by atoms with Gasteiger partial charge in [-0.2, -0.15) is 0 Å². The van der Waals surface area contributed by atoms with Gasteiger partial charge in [0, 0.05) is 18.1 Å². The van der Waals surface area contributed by atoms with E-state index >= 15 is 0 Å². The van der Waals surface area contributed by atoms with Gasteiger partial charge in [0.1, 0.15) is 5.75 Å². The van der Waals surface area contributed by atoms with E-state index in [9.17, 15) is 4.79 Å². The lowest BCUT2D eigenvalue weighted by Gasteiger charge is -2.10. The number of benzene rings is 3. The van der Waals surface area contributed by atoms with Crippen molar-refractivity contribution in [3.05, 3.63) is 94.8 Å². The summed E-state index contributed by atoms with van der Waals surface area (Å²) in [5.41, 5.74) is 3.59. The third-order valence-corrected chi connectivity index (χ3v) is 4.92. The maximum absolute atomic E-state index is 13.0. The van der Waals surface area contributed by atoms with Crippen LogP contribution in [0.25, 0.3) is 11.0 Å². The number of fused-ring (bicyclic) bond motifs is 1. The number of halogens is 1. The maximum atomic E-state index is 13.0. The number of nitrogens with one attached hydrogen (secondary N) is 1. The van der Waals surface area contributed by atoms with Crippen molar-refractivity contribution >= 4 is 28.5 Å². The molecule has 0 aliphatic rings. The molecule has 29 heavy (non-hydrogen) atoms. The minimum absolute atomic E-state index is 0.240. The molecule has 0 radical (unpaired) electrons. The fraction of sp³-hybridized carbons (Fsp3) is 0.130. The SMILES string of the molecule is COc1cccc(CNC(=O)c2nc3ccc(Cl)cc3n2Cc2ccccc2)c1. The van der Waals surface area contributed by atoms with E-state index in [1.165, 1.54) is 0 Å². The summed E-state index contributed by atoms with van der Waals surface area (Å²) in [4.78, 5) is 17.5. The van der Waals surface area contributed by atoms with Crippen LogP contribution < -0.4 is 10.1 Å². The summed E-state index contributed by atoms with van der Waals surface area (Å²) < 4.78 is 7.14. The van der Waals surface area contributed by atoms with Gasteiger partial charge in [-0.25, -0.2) is 4.98 Å². The highest BCUT2D eigenvalue weighted by atomic mass is 35.5. The summed E-state index contributed by atoms with van der Waals surface area (Å²) in [5.74, 6) is 0.868. The van der Waals surface area contributed by atoms with E-state index in [2.05, 4.69) is 10.3 Å². The molecule has 4 aromatic rings. The van der Waals surface area contributed by atoms with Crippen molar-refractivity contribution in [3.63, 3.8) is 0 Å². The van der Waals surface area contributed by atoms with Crippen LogP contribution in [0.4, 0.5) is 0 Å². The lowest BCUT2D eigenvalue weighted by atomic mass is 10.2. The van der Waals surface area contributed by atoms with Crippen LogP contribution in [0.15, 0.2) is 72.8 Å². The first kappa shape index (κ1) is 19.0. The Kier molecular flexibility index (Phi) is 5.49. The van der Waals surface area contributed by atoms with Crippen LogP contribution >= 0.6 is 11.6 Å². The van der Waals surface area contributed by atoms with Gasteiger partial charge in [-0.1, -0.05) is 54.1 Å². The Morgan fingerprint density at radius 2 is 1.83 bits per heavy atom. The first-order valence-electron chi connectivity index (χ1n) is 9.25. The fourth-order valence-electron chi connectivity index (χ4n) is 3.24. The van der Waals surface area contributed by atoms with Crippen LogP contribution in [0.2, 0.25) is 5.02 Å². The molecule has 1 heterocycles. The van der Waals surface area contributed by atoms with Crippen LogP contribution in [-0.4, -0.2) is 22.6 Å². The lowest BCUT2D eigenvalue weighted by molar-refractivity contribution is 0.0937. The minimum atomic E-state index is -0.240. The van der Waals surface area contributed by atoms with Gasteiger partial charge in [-0.3, -0.25) is 4.79 Å². The van der Waals surface area contributed by atoms with Crippen LogP contribution in [0.1, 0.15) is 21.7 Å². The van der Waals surface area contributed by atoms with Gasteiger partial charge in [0.2, 0.25) is 0 Å². The number of aromatic nitrogens is 2. The quantitative estimate of drug-likeness (QED) is 0.507. The Balaban J connectivity index is 1.64. The molecule has 0 saturated heterocycles. The number of amides is 1. The summed E-state index contributed by atoms with van der Waals surface area (Å²) in [6.07, 6.45) is 0. The average Bonchev–Trinajstić information content (AvgIpc) is 3.10. The monoisotopic (exact) mass is 405 g/mol. The van der Waals surface area contributed by atoms with Crippen molar-refractivity contribution in [2.24, 2.45) is 0 Å². The molecule has 1 amide bonds. The molecule has 0 fully saturated rings. The third kappa shape index (κ3) is 4.25. The number of methoxy groups -OCH3 is 1. The summed E-state index contributed by atoms with van der Waals surface area (Å²) in [6.45, 7) is 0.908. The molecule has 0 aliphatic carbocycles. The molecule has 0 bridgehead atoms. The van der Waals surface area contributed by atoms with E-state index in [0.29, 0.717) is 23.9 Å². The highest BCUT2D eigenvalue weighted by molar-refractivity contribution is 6.31. The number of ether oxygens (including phenoxy) is 1. The third-order valence-electron chi connectivity index (χ3n) is 4.68. The summed E-state index contributed by atoms with van der Waals surface area (Å²) in [7, 11) is 1.62. The first-order chi connectivity index (χ1) is 14.1. The molecule has 0 saturated carbocycles. The molecule has 3 aromatic carbocycles. The predicted octanol–water partition coefficient (Wildman–Crippen LogP) is 4.68. The largest absolute Gasteiger partial charge is 0.497 e. The van der Waals surface area contributed by atoms with E-state index in [-0.39, 0.29) is 5.91 Å². The van der Waals surface area contributed by atoms with Gasteiger partial charge in [-0.05, 0) is 41.5 Å². The normalized spacial score (nSPS) is 10.8. The van der Waals surface area contributed by atoms with Crippen molar-refractivity contribution in [1.82, 2.24) is 14.9 Å². The van der Waals surface area contributed by atoms with E-state index in [1.807, 2.05) is 71.3 Å². The Bertz CT molecular complexity index is 1160. The second-order valence-electron chi connectivity index (χ2n) is 6.67. The molecular weight excluding hydrogens is 386 g/mol. The van der Waals surface area contributed by atoms with Gasteiger partial charge in [0.25, 0.3) is 5.91 Å². The summed E-state index contributed by atoms with van der Waals surface area (Å²) >= 11 is 6.20. The molecular formula is C23H20ClN3O2. The lowest BCUT2D eigenvalue weighted by Crippen LogP contribution is -2.26. The average molecular weight is 406 g/mol. The number of carbonyl (C=O) groups excluding carboxylic acids is 1. The molecule has 146 valence electrons. The van der Waals surface area contributed by atoms with Gasteiger partial charge >= 0.3 is 0 Å². The molecule has 4 rings (SSSR count). The van der Waals surface area contributed by atoms with E-state index < -0.39 is 0 Å². The zero-order valence-electron chi connectivity index (χ0n) is 15.9. The smallest absolute Gasteiger partial charge is 0.287 e. The molecule has 0 spiro atoms. The zero-order chi connectivity index (χ0) is 20.2. The number of hydrogen-bond acceptors (Lipinski definition) is 3. The van der Waals surface area contributed by atoms with E-state index in [4.69, 9.17) is 16.3 Å². The molecule has 0 atom stereocenters. The molecule has 0 aliphatic heterocycles. The van der Waals surface area contributed by atoms with Crippen molar-refractivity contribution in [1.29, 1.82) is 0 Å². The second-order valence-corrected chi connectivity index (χ2v) is 7.11. The summed E-state index contributed by atoms with van der Waals surface area (Å²) in [5, 5.41) is 3.56. The number of imidazole rings is 1. The van der Waals surface area contributed by atoms with Crippen molar-refractivity contribution in [2.75, 3.05) is 7.11 Å². The van der Waals surface area contributed by atoms with Gasteiger partial charge in [-0.15, -0.1) is 0 Å². The van der Waals surface area contributed by atoms with Gasteiger partial charge < -0.3 is 14.6 Å². The first-order valence-corrected chi connectivity index (χ1v) is 9.62. The highest BCUT2D eigenvalue weighted by Crippen LogP contribution is 2.22. The standard InChI is InChI=1S/C23H20ClN3O2/c1-29-19-9-5-8-17(12-19)14-25-23(28)22-26-20-11-10-18(24)13-21(20)27(22)15-16-6-3-2-4-7-16/h2-13H,14-15H2,1H3,(H,25,28). The maximum Gasteiger partial charge on any atom is 0.287 e. The molecule has 5 nitrogen and oxygen atoms in total. The second kappa shape index (κ2) is 8.37. The number of rotatable bonds is 6. The Hall–Kier alpha value is -3.31. The van der Waals surface area contributed by atoms with Crippen LogP contribution in [0, 0.1) is 0 Å². The minimum Gasteiger partial charge on any atom is -0.497 e. The zero-order valence-corrected chi connectivity index (χ0v) is 16.7. The van der Waals surface area contributed by atoms with Crippen molar-refractivity contribution in [2.45, 2.75) is 13.1 Å². The number of nitrogens with zero attached hydrogens (tertiary/aromatic N) is 2. The van der Waals surface area contributed by atoms with Crippen LogP contribution in [0.5, 0.6) is 5.75 Å². The molecule has 0 unspecified atom stereocenters. The Labute approximate surface area is 173 Å². The van der Waals surface area contributed by atoms with Crippen molar-refractivity contribution in [3.8, 4) is 5.75 Å². The van der Waals surface area contributed by atoms with E-state index in [1.54, 1.807) is 13.2 Å². The topological polar surface area (TPSA) is 56.1 Å². The van der Waals surface area contributed by atoms with Crippen LogP contribution in [0.3, 0.4) is 0 Å². The molecule has 6 heteroatoms. The van der Waals surface area contributed by atoms with E-state index in [0.717, 1.165) is 27.9 Å². The summed E-state index contributed by atoms with van der Waals surface area (Å²) in [6, 6.07) is 23.0. The molecule has 1 aromatic heterocycles. The highest BCUT2D eigenvalue weighted by Gasteiger charge is 2.18. The van der Waals surface area contributed by atoms with Gasteiger partial charge in [0.05, 0.1) is 18.1 Å². The predicted molar refractivity (Wildman–Crippen MR) is 114 cm³/mol. The van der Waals surface area contributed by atoms with Crippen LogP contribution in [-0.2, 0) is 13.1 Å². The van der Waals surface area contributed by atoms with Crippen molar-refractivity contribution < 1.29 is 9.53 Å². The number of carbonyl (C=O) groups is 1. The fourth-order valence-corrected chi connectivity index (χ4v) is 3.41. The molecule has 1 N–H and O–H groups in total.